The van der Waals surface area contributed by atoms with Crippen molar-refractivity contribution in [2.24, 2.45) is 0 Å². The molecule has 0 aliphatic carbocycles. The van der Waals surface area contributed by atoms with E-state index in [1.807, 2.05) is 30.3 Å². The number of hydrogen-bond acceptors (Lipinski definition) is 5. The summed E-state index contributed by atoms with van der Waals surface area (Å²) in [5.41, 5.74) is 1.86. The highest BCUT2D eigenvalue weighted by molar-refractivity contribution is 6.33. The fraction of sp³-hybridized carbons (Fsp3) is 0.0833. The molecular weight excluding hydrogens is 404 g/mol. The fourth-order valence-corrected chi connectivity index (χ4v) is 3.35. The maximum atomic E-state index is 12.3. The predicted octanol–water partition coefficient (Wildman–Crippen LogP) is 5.38. The summed E-state index contributed by atoms with van der Waals surface area (Å²) in [5, 5.41) is 0.971. The minimum atomic E-state index is -0.498. The Hall–Kier alpha value is -3.57. The number of fused-ring (bicyclic) bond motifs is 1. The number of Topliss-reactive ketones (excluding diaryl/α,β-unsaturated/α-hetero) is 1. The van der Waals surface area contributed by atoms with Crippen molar-refractivity contribution in [2.75, 3.05) is 13.7 Å². The number of benzene rings is 3. The lowest BCUT2D eigenvalue weighted by Crippen LogP contribution is -2.11. The van der Waals surface area contributed by atoms with E-state index in [0.717, 1.165) is 5.56 Å². The van der Waals surface area contributed by atoms with Gasteiger partial charge in [-0.2, -0.15) is 0 Å². The van der Waals surface area contributed by atoms with Crippen LogP contribution in [0.2, 0.25) is 5.02 Å². The Morgan fingerprint density at radius 3 is 2.43 bits per heavy atom. The van der Waals surface area contributed by atoms with Gasteiger partial charge >= 0.3 is 5.63 Å². The van der Waals surface area contributed by atoms with Gasteiger partial charge in [0.15, 0.2) is 12.4 Å². The predicted molar refractivity (Wildman–Crippen MR) is 116 cm³/mol. The fourth-order valence-electron chi connectivity index (χ4n) is 3.13. The Morgan fingerprint density at radius 1 is 1.00 bits per heavy atom. The third-order valence-electron chi connectivity index (χ3n) is 4.65. The summed E-state index contributed by atoms with van der Waals surface area (Å²) in [6.45, 7) is -0.183. The maximum absolute atomic E-state index is 12.3. The lowest BCUT2D eigenvalue weighted by molar-refractivity contribution is 0.0921. The smallest absolute Gasteiger partial charge is 0.336 e. The molecule has 0 spiro atoms. The van der Waals surface area contributed by atoms with Crippen LogP contribution in [0.25, 0.3) is 22.1 Å². The van der Waals surface area contributed by atoms with E-state index in [-0.39, 0.29) is 18.1 Å². The molecule has 30 heavy (non-hydrogen) atoms. The Labute approximate surface area is 177 Å². The summed E-state index contributed by atoms with van der Waals surface area (Å²) < 4.78 is 16.2. The second-order valence-corrected chi connectivity index (χ2v) is 6.97. The third kappa shape index (κ3) is 4.07. The average Bonchev–Trinajstić information content (AvgIpc) is 2.78. The molecule has 0 saturated heterocycles. The van der Waals surface area contributed by atoms with Gasteiger partial charge in [-0.1, -0.05) is 54.1 Å². The molecule has 0 aliphatic rings. The molecule has 5 nitrogen and oxygen atoms in total. The summed E-state index contributed by atoms with van der Waals surface area (Å²) in [5.74, 6) is 0.798. The number of carbonyl (C=O) groups is 1. The van der Waals surface area contributed by atoms with Crippen LogP contribution in [0.5, 0.6) is 11.5 Å². The first-order chi connectivity index (χ1) is 14.5. The second-order valence-electron chi connectivity index (χ2n) is 6.56. The highest BCUT2D eigenvalue weighted by atomic mass is 35.5. The van der Waals surface area contributed by atoms with E-state index in [1.54, 1.807) is 37.4 Å². The molecule has 150 valence electrons. The van der Waals surface area contributed by atoms with Crippen LogP contribution in [0.4, 0.5) is 0 Å². The van der Waals surface area contributed by atoms with E-state index in [0.29, 0.717) is 32.9 Å². The monoisotopic (exact) mass is 420 g/mol. The molecule has 4 rings (SSSR count). The van der Waals surface area contributed by atoms with Gasteiger partial charge in [0.25, 0.3) is 0 Å². The van der Waals surface area contributed by atoms with Crippen molar-refractivity contribution in [3.05, 3.63) is 93.8 Å². The van der Waals surface area contributed by atoms with Crippen LogP contribution in [-0.4, -0.2) is 19.5 Å². The SMILES string of the molecule is COc1ccc(-c2cc(=O)oc3cc(OCC(=O)c4ccccc4)c(Cl)cc23)cc1. The Kier molecular flexibility index (Phi) is 5.55. The summed E-state index contributed by atoms with van der Waals surface area (Å²) in [6, 6.07) is 20.8. The zero-order valence-electron chi connectivity index (χ0n) is 16.1. The number of ether oxygens (including phenoxy) is 2. The lowest BCUT2D eigenvalue weighted by Gasteiger charge is -2.11. The van der Waals surface area contributed by atoms with Gasteiger partial charge in [0.05, 0.1) is 12.1 Å². The highest BCUT2D eigenvalue weighted by Crippen LogP contribution is 2.35. The van der Waals surface area contributed by atoms with E-state index >= 15 is 0 Å². The van der Waals surface area contributed by atoms with Crippen LogP contribution < -0.4 is 15.1 Å². The van der Waals surface area contributed by atoms with Gasteiger partial charge in [-0.05, 0) is 29.3 Å². The van der Waals surface area contributed by atoms with E-state index < -0.39 is 5.63 Å². The van der Waals surface area contributed by atoms with E-state index in [4.69, 9.17) is 25.5 Å². The lowest BCUT2D eigenvalue weighted by atomic mass is 10.0. The normalized spacial score (nSPS) is 10.7. The van der Waals surface area contributed by atoms with Crippen LogP contribution in [0.1, 0.15) is 10.4 Å². The standard InChI is InChI=1S/C24H17ClO5/c1-28-17-9-7-15(8-10-17)18-12-24(27)30-22-13-23(20(25)11-19(18)22)29-14-21(26)16-5-3-2-4-6-16/h2-13H,14H2,1H3. The molecular formula is C24H17ClO5. The van der Waals surface area contributed by atoms with Crippen molar-refractivity contribution in [1.82, 2.24) is 0 Å². The zero-order valence-corrected chi connectivity index (χ0v) is 16.8. The number of halogens is 1. The second kappa shape index (κ2) is 8.43. The van der Waals surface area contributed by atoms with Crippen molar-refractivity contribution in [3.63, 3.8) is 0 Å². The minimum Gasteiger partial charge on any atom is -0.497 e. The van der Waals surface area contributed by atoms with E-state index in [9.17, 15) is 9.59 Å². The van der Waals surface area contributed by atoms with Crippen molar-refractivity contribution in [3.8, 4) is 22.6 Å². The first-order valence-electron chi connectivity index (χ1n) is 9.18. The van der Waals surface area contributed by atoms with Gasteiger partial charge < -0.3 is 13.9 Å². The Morgan fingerprint density at radius 2 is 1.73 bits per heavy atom. The molecule has 0 radical (unpaired) electrons. The van der Waals surface area contributed by atoms with Crippen molar-refractivity contribution >= 4 is 28.4 Å². The largest absolute Gasteiger partial charge is 0.497 e. The molecule has 0 N–H and O–H groups in total. The number of methoxy groups -OCH3 is 1. The molecule has 3 aromatic carbocycles. The Balaban J connectivity index is 1.68. The summed E-state index contributed by atoms with van der Waals surface area (Å²) in [6.07, 6.45) is 0. The molecule has 1 aromatic heterocycles. The van der Waals surface area contributed by atoms with Crippen molar-refractivity contribution in [1.29, 1.82) is 0 Å². The van der Waals surface area contributed by atoms with Gasteiger partial charge in [-0.25, -0.2) is 4.79 Å². The van der Waals surface area contributed by atoms with Gasteiger partial charge in [-0.3, -0.25) is 4.79 Å². The third-order valence-corrected chi connectivity index (χ3v) is 4.95. The maximum Gasteiger partial charge on any atom is 0.336 e. The van der Waals surface area contributed by atoms with Gasteiger partial charge in [0, 0.05) is 23.1 Å². The highest BCUT2D eigenvalue weighted by Gasteiger charge is 2.14. The molecule has 0 bridgehead atoms. The van der Waals surface area contributed by atoms with Crippen molar-refractivity contribution < 1.29 is 18.7 Å². The molecule has 6 heteroatoms. The minimum absolute atomic E-state index is 0.180. The summed E-state index contributed by atoms with van der Waals surface area (Å²) in [4.78, 5) is 24.4. The molecule has 1 heterocycles. The molecule has 4 aromatic rings. The molecule has 0 aliphatic heterocycles. The summed E-state index contributed by atoms with van der Waals surface area (Å²) >= 11 is 6.40. The topological polar surface area (TPSA) is 65.7 Å². The molecule has 0 unspecified atom stereocenters. The quantitative estimate of drug-likeness (QED) is 0.309. The van der Waals surface area contributed by atoms with Crippen LogP contribution in [0, 0.1) is 0 Å². The van der Waals surface area contributed by atoms with E-state index in [2.05, 4.69) is 0 Å². The average molecular weight is 421 g/mol. The Bertz CT molecular complexity index is 1260. The molecule has 0 amide bonds. The van der Waals surface area contributed by atoms with E-state index in [1.165, 1.54) is 12.1 Å². The number of rotatable bonds is 6. The van der Waals surface area contributed by atoms with Crippen LogP contribution in [0.3, 0.4) is 0 Å². The van der Waals surface area contributed by atoms with Gasteiger partial charge in [-0.15, -0.1) is 0 Å². The number of carbonyl (C=O) groups excluding carboxylic acids is 1. The van der Waals surface area contributed by atoms with Crippen LogP contribution in [-0.2, 0) is 0 Å². The zero-order chi connectivity index (χ0) is 21.1. The number of ketones is 1. The first-order valence-corrected chi connectivity index (χ1v) is 9.56. The number of hydrogen-bond donors (Lipinski definition) is 0. The molecule has 0 fully saturated rings. The van der Waals surface area contributed by atoms with Crippen LogP contribution >= 0.6 is 11.6 Å². The molecule has 0 atom stereocenters. The molecule has 0 saturated carbocycles. The first kappa shape index (κ1) is 19.7. The van der Waals surface area contributed by atoms with Gasteiger partial charge in [0.1, 0.15) is 17.1 Å². The van der Waals surface area contributed by atoms with Crippen molar-refractivity contribution in [2.45, 2.75) is 0 Å². The van der Waals surface area contributed by atoms with Crippen LogP contribution in [0.15, 0.2) is 82.0 Å². The van der Waals surface area contributed by atoms with Gasteiger partial charge in [0.2, 0.25) is 0 Å². The summed E-state index contributed by atoms with van der Waals surface area (Å²) in [7, 11) is 1.59.